The summed E-state index contributed by atoms with van der Waals surface area (Å²) in [6, 6.07) is 13.3. The van der Waals surface area contributed by atoms with Crippen LogP contribution in [0.2, 0.25) is 0 Å². The van der Waals surface area contributed by atoms with Gasteiger partial charge in [-0.3, -0.25) is 5.41 Å². The van der Waals surface area contributed by atoms with E-state index in [0.29, 0.717) is 5.56 Å². The van der Waals surface area contributed by atoms with Crippen LogP contribution in [0.15, 0.2) is 53.4 Å². The van der Waals surface area contributed by atoms with Crippen molar-refractivity contribution in [1.82, 2.24) is 9.21 Å². The standard InChI is InChI=1S/C22H26N4O4S/c1-22(2,3)30-21(27)25-14-19(15-7-5-4-6-8-15)26(20(25)23)31(28,29)17-9-10-18-16(13-17)11-12-24-18/h4-10,13,19,23-24H,11-12,14H2,1-3H3. The fraction of sp³-hybridized carbons (Fsp3) is 0.364. The molecule has 0 saturated carbocycles. The number of carbonyl (C=O) groups is 1. The van der Waals surface area contributed by atoms with Crippen LogP contribution in [0.4, 0.5) is 10.5 Å². The number of anilines is 1. The number of guanidine groups is 1. The van der Waals surface area contributed by atoms with Crippen LogP contribution >= 0.6 is 0 Å². The fourth-order valence-corrected chi connectivity index (χ4v) is 5.44. The Morgan fingerprint density at radius 1 is 1.16 bits per heavy atom. The highest BCUT2D eigenvalue weighted by molar-refractivity contribution is 7.89. The van der Waals surface area contributed by atoms with Crippen LogP contribution in [0.25, 0.3) is 0 Å². The second kappa shape index (κ2) is 7.56. The summed E-state index contributed by atoms with van der Waals surface area (Å²) < 4.78 is 33.8. The van der Waals surface area contributed by atoms with Crippen LogP contribution in [0, 0.1) is 5.41 Å². The molecule has 0 aromatic heterocycles. The van der Waals surface area contributed by atoms with Gasteiger partial charge in [0.05, 0.1) is 17.5 Å². The van der Waals surface area contributed by atoms with Crippen LogP contribution in [0.1, 0.15) is 37.9 Å². The molecule has 164 valence electrons. The lowest BCUT2D eigenvalue weighted by atomic mass is 10.1. The Morgan fingerprint density at radius 3 is 2.55 bits per heavy atom. The highest BCUT2D eigenvalue weighted by atomic mass is 32.2. The Morgan fingerprint density at radius 2 is 1.87 bits per heavy atom. The topological polar surface area (TPSA) is 103 Å². The third-order valence-corrected chi connectivity index (χ3v) is 7.04. The lowest BCUT2D eigenvalue weighted by molar-refractivity contribution is 0.0379. The zero-order valence-electron chi connectivity index (χ0n) is 17.8. The molecule has 1 unspecified atom stereocenters. The van der Waals surface area contributed by atoms with Gasteiger partial charge in [0.2, 0.25) is 5.96 Å². The first kappa shape index (κ1) is 21.2. The Bertz CT molecular complexity index is 1130. The first-order valence-corrected chi connectivity index (χ1v) is 11.6. The van der Waals surface area contributed by atoms with E-state index in [9.17, 15) is 13.2 Å². The first-order valence-electron chi connectivity index (χ1n) is 10.1. The van der Waals surface area contributed by atoms with Gasteiger partial charge in [-0.15, -0.1) is 0 Å². The molecule has 0 spiro atoms. The first-order chi connectivity index (χ1) is 14.6. The largest absolute Gasteiger partial charge is 0.443 e. The molecular formula is C22H26N4O4S. The summed E-state index contributed by atoms with van der Waals surface area (Å²) in [5.41, 5.74) is 1.78. The molecular weight excluding hydrogens is 416 g/mol. The number of fused-ring (bicyclic) bond motifs is 1. The lowest BCUT2D eigenvalue weighted by Gasteiger charge is -2.26. The third-order valence-electron chi connectivity index (χ3n) is 5.24. The summed E-state index contributed by atoms with van der Waals surface area (Å²) in [7, 11) is -4.09. The molecule has 0 bridgehead atoms. The number of hydrogen-bond acceptors (Lipinski definition) is 6. The van der Waals surface area contributed by atoms with Gasteiger partial charge in [-0.1, -0.05) is 30.3 Å². The Labute approximate surface area is 182 Å². The quantitative estimate of drug-likeness (QED) is 0.756. The van der Waals surface area contributed by atoms with Gasteiger partial charge in [0.25, 0.3) is 10.0 Å². The van der Waals surface area contributed by atoms with Gasteiger partial charge in [0, 0.05) is 12.2 Å². The van der Waals surface area contributed by atoms with Gasteiger partial charge in [-0.25, -0.2) is 22.4 Å². The number of amides is 1. The van der Waals surface area contributed by atoms with Crippen molar-refractivity contribution in [1.29, 1.82) is 5.41 Å². The summed E-state index contributed by atoms with van der Waals surface area (Å²) in [6.45, 7) is 5.95. The minimum Gasteiger partial charge on any atom is -0.443 e. The van der Waals surface area contributed by atoms with Crippen LogP contribution in [-0.2, 0) is 21.2 Å². The second-order valence-corrected chi connectivity index (χ2v) is 10.5. The van der Waals surface area contributed by atoms with E-state index in [1.165, 1.54) is 6.07 Å². The maximum absolute atomic E-state index is 13.7. The molecule has 2 aliphatic heterocycles. The average molecular weight is 443 g/mol. The summed E-state index contributed by atoms with van der Waals surface area (Å²) in [5, 5.41) is 11.8. The molecule has 2 aromatic rings. The van der Waals surface area contributed by atoms with Gasteiger partial charge in [0.15, 0.2) is 0 Å². The molecule has 4 rings (SSSR count). The zero-order valence-corrected chi connectivity index (χ0v) is 18.6. The number of nitrogens with zero attached hydrogens (tertiary/aromatic N) is 2. The molecule has 31 heavy (non-hydrogen) atoms. The number of nitrogens with one attached hydrogen (secondary N) is 2. The summed E-state index contributed by atoms with van der Waals surface area (Å²) in [4.78, 5) is 13.9. The molecule has 1 saturated heterocycles. The number of benzene rings is 2. The highest BCUT2D eigenvalue weighted by Crippen LogP contribution is 2.36. The van der Waals surface area contributed by atoms with E-state index in [1.807, 2.05) is 6.07 Å². The van der Waals surface area contributed by atoms with Crippen molar-refractivity contribution in [3.63, 3.8) is 0 Å². The maximum Gasteiger partial charge on any atom is 0.417 e. The van der Waals surface area contributed by atoms with Gasteiger partial charge in [-0.05, 0) is 56.5 Å². The van der Waals surface area contributed by atoms with E-state index in [2.05, 4.69) is 5.32 Å². The van der Waals surface area contributed by atoms with Gasteiger partial charge in [0.1, 0.15) is 5.60 Å². The molecule has 0 aliphatic carbocycles. The van der Waals surface area contributed by atoms with Crippen LogP contribution in [-0.4, -0.2) is 48.4 Å². The molecule has 1 atom stereocenters. The molecule has 2 heterocycles. The Balaban J connectivity index is 1.75. The van der Waals surface area contributed by atoms with Gasteiger partial charge < -0.3 is 10.1 Å². The lowest BCUT2D eigenvalue weighted by Crippen LogP contribution is -2.42. The van der Waals surface area contributed by atoms with E-state index < -0.39 is 33.7 Å². The molecule has 0 radical (unpaired) electrons. The average Bonchev–Trinajstić information content (AvgIpc) is 3.31. The molecule has 9 heteroatoms. The van der Waals surface area contributed by atoms with E-state index >= 15 is 0 Å². The van der Waals surface area contributed by atoms with Crippen molar-refractivity contribution in [2.24, 2.45) is 0 Å². The normalized spacial score (nSPS) is 18.7. The number of hydrogen-bond donors (Lipinski definition) is 2. The molecule has 1 amide bonds. The molecule has 1 fully saturated rings. The summed E-state index contributed by atoms with van der Waals surface area (Å²) in [5.74, 6) is -0.415. The third kappa shape index (κ3) is 3.97. The van der Waals surface area contributed by atoms with Crippen molar-refractivity contribution in [2.75, 3.05) is 18.4 Å². The molecule has 2 N–H and O–H groups in total. The molecule has 2 aromatic carbocycles. The van der Waals surface area contributed by atoms with Gasteiger partial charge >= 0.3 is 6.09 Å². The summed E-state index contributed by atoms with van der Waals surface area (Å²) in [6.07, 6.45) is -0.00302. The van der Waals surface area contributed by atoms with Crippen molar-refractivity contribution in [3.05, 3.63) is 59.7 Å². The molecule has 8 nitrogen and oxygen atoms in total. The second-order valence-electron chi connectivity index (χ2n) is 8.64. The van der Waals surface area contributed by atoms with E-state index in [-0.39, 0.29) is 11.4 Å². The Hall–Kier alpha value is -3.07. The predicted octanol–water partition coefficient (Wildman–Crippen LogP) is 3.57. The monoisotopic (exact) mass is 442 g/mol. The van der Waals surface area contributed by atoms with Crippen molar-refractivity contribution in [3.8, 4) is 0 Å². The number of ether oxygens (including phenoxy) is 1. The van der Waals surface area contributed by atoms with Crippen LogP contribution < -0.4 is 5.32 Å². The minimum absolute atomic E-state index is 0.00346. The highest BCUT2D eigenvalue weighted by Gasteiger charge is 2.47. The predicted molar refractivity (Wildman–Crippen MR) is 118 cm³/mol. The van der Waals surface area contributed by atoms with Crippen LogP contribution in [0.5, 0.6) is 0 Å². The molecule has 2 aliphatic rings. The number of sulfonamides is 1. The van der Waals surface area contributed by atoms with Crippen molar-refractivity contribution < 1.29 is 17.9 Å². The fourth-order valence-electron chi connectivity index (χ4n) is 3.83. The maximum atomic E-state index is 13.7. The SMILES string of the molecule is CC(C)(C)OC(=O)N1CC(c2ccccc2)N(S(=O)(=O)c2ccc3c(c2)CCN3)C1=N. The van der Waals surface area contributed by atoms with Crippen LogP contribution in [0.3, 0.4) is 0 Å². The van der Waals surface area contributed by atoms with Crippen molar-refractivity contribution in [2.45, 2.75) is 43.7 Å². The zero-order chi connectivity index (χ0) is 22.4. The van der Waals surface area contributed by atoms with Crippen molar-refractivity contribution >= 4 is 27.8 Å². The summed E-state index contributed by atoms with van der Waals surface area (Å²) >= 11 is 0. The number of rotatable bonds is 3. The smallest absolute Gasteiger partial charge is 0.417 e. The van der Waals surface area contributed by atoms with E-state index in [4.69, 9.17) is 10.1 Å². The van der Waals surface area contributed by atoms with E-state index in [1.54, 1.807) is 57.2 Å². The minimum atomic E-state index is -4.09. The van der Waals surface area contributed by atoms with Gasteiger partial charge in [-0.2, -0.15) is 0 Å². The van der Waals surface area contributed by atoms with E-state index in [0.717, 1.165) is 33.4 Å². The number of carbonyl (C=O) groups excluding carboxylic acids is 1. The Kier molecular flexibility index (Phi) is 5.17.